The number of benzene rings is 4. The lowest BCUT2D eigenvalue weighted by Crippen LogP contribution is -2.43. The Labute approximate surface area is 209 Å². The summed E-state index contributed by atoms with van der Waals surface area (Å²) < 4.78 is 12.0. The summed E-state index contributed by atoms with van der Waals surface area (Å²) in [5.41, 5.74) is 4.02. The van der Waals surface area contributed by atoms with Crippen molar-refractivity contribution < 1.29 is 14.3 Å². The highest BCUT2D eigenvalue weighted by Gasteiger charge is 2.34. The maximum atomic E-state index is 13.6. The molecule has 176 valence electrons. The lowest BCUT2D eigenvalue weighted by Gasteiger charge is -2.38. The van der Waals surface area contributed by atoms with Crippen LogP contribution in [0.1, 0.15) is 34.6 Å². The van der Waals surface area contributed by atoms with Gasteiger partial charge in [0.15, 0.2) is 11.5 Å². The zero-order valence-corrected chi connectivity index (χ0v) is 20.0. The van der Waals surface area contributed by atoms with Crippen LogP contribution in [0.4, 0.5) is 11.4 Å². The van der Waals surface area contributed by atoms with Gasteiger partial charge in [0.25, 0.3) is 5.91 Å². The van der Waals surface area contributed by atoms with Gasteiger partial charge in [0.05, 0.1) is 12.2 Å². The third-order valence-electron chi connectivity index (χ3n) is 5.89. The predicted octanol–water partition coefficient (Wildman–Crippen LogP) is 7.09. The number of amides is 1. The van der Waals surface area contributed by atoms with Gasteiger partial charge in [-0.15, -0.1) is 0 Å². The molecular weight excluding hydrogens is 460 g/mol. The molecule has 35 heavy (non-hydrogen) atoms. The molecule has 5 nitrogen and oxygen atoms in total. The van der Waals surface area contributed by atoms with E-state index in [-0.39, 0.29) is 5.91 Å². The normalized spacial score (nSPS) is 14.7. The Bertz CT molecular complexity index is 1340. The molecule has 1 N–H and O–H groups in total. The number of para-hydroxylation sites is 2. The third kappa shape index (κ3) is 4.68. The van der Waals surface area contributed by atoms with Crippen LogP contribution in [0.25, 0.3) is 0 Å². The van der Waals surface area contributed by atoms with Crippen LogP contribution in [0.2, 0.25) is 5.02 Å². The van der Waals surface area contributed by atoms with Gasteiger partial charge in [-0.3, -0.25) is 9.69 Å². The maximum absolute atomic E-state index is 13.6. The number of fused-ring (bicyclic) bond motifs is 1. The van der Waals surface area contributed by atoms with Crippen molar-refractivity contribution in [2.45, 2.75) is 19.7 Å². The Morgan fingerprint density at radius 3 is 2.40 bits per heavy atom. The number of hydrogen-bond donors (Lipinski definition) is 1. The Morgan fingerprint density at radius 1 is 0.857 bits per heavy atom. The van der Waals surface area contributed by atoms with E-state index in [1.54, 1.807) is 4.90 Å². The number of nitrogens with zero attached hydrogens (tertiary/aromatic N) is 1. The molecular formula is C29H25ClN2O3. The van der Waals surface area contributed by atoms with Gasteiger partial charge in [-0.05, 0) is 55.0 Å². The van der Waals surface area contributed by atoms with E-state index in [0.717, 1.165) is 22.5 Å². The summed E-state index contributed by atoms with van der Waals surface area (Å²) in [4.78, 5) is 15.4. The molecule has 1 atom stereocenters. The van der Waals surface area contributed by atoms with Gasteiger partial charge in [0.1, 0.15) is 12.8 Å². The molecule has 0 aliphatic carbocycles. The molecule has 0 bridgehead atoms. The monoisotopic (exact) mass is 484 g/mol. The van der Waals surface area contributed by atoms with Gasteiger partial charge in [0, 0.05) is 22.0 Å². The predicted molar refractivity (Wildman–Crippen MR) is 139 cm³/mol. The summed E-state index contributed by atoms with van der Waals surface area (Å²) in [6.45, 7) is 2.73. The van der Waals surface area contributed by atoms with Crippen molar-refractivity contribution in [3.8, 4) is 11.5 Å². The van der Waals surface area contributed by atoms with Gasteiger partial charge in [-0.25, -0.2) is 0 Å². The highest BCUT2D eigenvalue weighted by Crippen LogP contribution is 2.39. The van der Waals surface area contributed by atoms with E-state index in [1.807, 2.05) is 104 Å². The summed E-state index contributed by atoms with van der Waals surface area (Å²) in [6, 6.07) is 30.6. The molecule has 0 spiro atoms. The van der Waals surface area contributed by atoms with E-state index in [0.29, 0.717) is 35.3 Å². The number of rotatable bonds is 7. The van der Waals surface area contributed by atoms with Crippen molar-refractivity contribution >= 4 is 28.9 Å². The molecule has 1 aliphatic heterocycles. The van der Waals surface area contributed by atoms with E-state index in [2.05, 4.69) is 5.32 Å². The Morgan fingerprint density at radius 2 is 1.60 bits per heavy atom. The molecule has 1 heterocycles. The quantitative estimate of drug-likeness (QED) is 0.304. The lowest BCUT2D eigenvalue weighted by atomic mass is 10.0. The Hall–Kier alpha value is -3.96. The van der Waals surface area contributed by atoms with Gasteiger partial charge in [-0.2, -0.15) is 0 Å². The minimum Gasteiger partial charge on any atom is -0.490 e. The number of anilines is 2. The third-order valence-corrected chi connectivity index (χ3v) is 6.25. The minimum atomic E-state index is -0.420. The van der Waals surface area contributed by atoms with Gasteiger partial charge >= 0.3 is 0 Å². The first kappa shape index (κ1) is 22.8. The topological polar surface area (TPSA) is 50.8 Å². The van der Waals surface area contributed by atoms with Crippen molar-refractivity contribution in [2.24, 2.45) is 0 Å². The van der Waals surface area contributed by atoms with Crippen molar-refractivity contribution in [1.82, 2.24) is 0 Å². The average Bonchev–Trinajstić information content (AvgIpc) is 2.89. The van der Waals surface area contributed by atoms with Gasteiger partial charge in [-0.1, -0.05) is 66.2 Å². The van der Waals surface area contributed by atoms with E-state index < -0.39 is 6.17 Å². The van der Waals surface area contributed by atoms with Crippen LogP contribution in [0.5, 0.6) is 11.5 Å². The number of carbonyl (C=O) groups excluding carboxylic acids is 1. The van der Waals surface area contributed by atoms with E-state index in [1.165, 1.54) is 0 Å². The van der Waals surface area contributed by atoms with Gasteiger partial charge < -0.3 is 14.8 Å². The number of carbonyl (C=O) groups is 1. The lowest BCUT2D eigenvalue weighted by molar-refractivity contribution is 0.0975. The van der Waals surface area contributed by atoms with E-state index in [4.69, 9.17) is 21.1 Å². The largest absolute Gasteiger partial charge is 0.490 e. The van der Waals surface area contributed by atoms with Crippen molar-refractivity contribution in [2.75, 3.05) is 16.8 Å². The number of ether oxygens (including phenoxy) is 2. The minimum absolute atomic E-state index is 0.0624. The fourth-order valence-corrected chi connectivity index (χ4v) is 4.39. The van der Waals surface area contributed by atoms with Crippen molar-refractivity contribution in [3.63, 3.8) is 0 Å². The number of nitrogens with one attached hydrogen (secondary N) is 1. The molecule has 0 radical (unpaired) electrons. The van der Waals surface area contributed by atoms with Crippen LogP contribution in [-0.2, 0) is 6.61 Å². The SMILES string of the molecule is CCOc1cc(C2Nc3ccccc3C(=O)N2c2ccccc2)ccc1OCc1ccccc1Cl. The molecule has 1 amide bonds. The van der Waals surface area contributed by atoms with E-state index >= 15 is 0 Å². The molecule has 4 aromatic carbocycles. The second-order valence-corrected chi connectivity index (χ2v) is 8.53. The van der Waals surface area contributed by atoms with E-state index in [9.17, 15) is 4.79 Å². The van der Waals surface area contributed by atoms with Crippen LogP contribution >= 0.6 is 11.6 Å². The fraction of sp³-hybridized carbons (Fsp3) is 0.138. The summed E-state index contributed by atoms with van der Waals surface area (Å²) in [5, 5.41) is 4.19. The molecule has 0 fully saturated rings. The van der Waals surface area contributed by atoms with Crippen LogP contribution in [-0.4, -0.2) is 12.5 Å². The van der Waals surface area contributed by atoms with Gasteiger partial charge in [0.2, 0.25) is 0 Å². The standard InChI is InChI=1S/C29H25ClN2O3/c1-2-34-27-18-20(16-17-26(27)35-19-21-10-6-8-14-24(21)30)28-31-25-15-9-7-13-23(25)29(33)32(28)22-11-4-3-5-12-22/h3-18,28,31H,2,19H2,1H3. The zero-order chi connectivity index (χ0) is 24.2. The molecule has 1 unspecified atom stereocenters. The summed E-state index contributed by atoms with van der Waals surface area (Å²) in [7, 11) is 0. The Balaban J connectivity index is 1.51. The second-order valence-electron chi connectivity index (χ2n) is 8.12. The highest BCUT2D eigenvalue weighted by atomic mass is 35.5. The average molecular weight is 485 g/mol. The molecule has 6 heteroatoms. The van der Waals surface area contributed by atoms with Crippen LogP contribution in [0.15, 0.2) is 97.1 Å². The second kappa shape index (κ2) is 10.1. The maximum Gasteiger partial charge on any atom is 0.262 e. The number of hydrogen-bond acceptors (Lipinski definition) is 4. The first-order valence-corrected chi connectivity index (χ1v) is 11.9. The highest BCUT2D eigenvalue weighted by molar-refractivity contribution is 6.31. The fourth-order valence-electron chi connectivity index (χ4n) is 4.19. The van der Waals surface area contributed by atoms with Crippen molar-refractivity contribution in [1.29, 1.82) is 0 Å². The molecule has 4 aromatic rings. The molecule has 0 saturated carbocycles. The zero-order valence-electron chi connectivity index (χ0n) is 19.3. The first-order chi connectivity index (χ1) is 17.2. The summed E-state index contributed by atoms with van der Waals surface area (Å²) >= 11 is 6.29. The molecule has 0 saturated heterocycles. The molecule has 0 aromatic heterocycles. The van der Waals surface area contributed by atoms with Crippen LogP contribution < -0.4 is 19.7 Å². The summed E-state index contributed by atoms with van der Waals surface area (Å²) in [6.07, 6.45) is -0.420. The molecule has 5 rings (SSSR count). The Kier molecular flexibility index (Phi) is 6.59. The summed E-state index contributed by atoms with van der Waals surface area (Å²) in [5.74, 6) is 1.16. The van der Waals surface area contributed by atoms with Crippen LogP contribution in [0, 0.1) is 0 Å². The van der Waals surface area contributed by atoms with Crippen molar-refractivity contribution in [3.05, 3.63) is 119 Å². The first-order valence-electron chi connectivity index (χ1n) is 11.5. The molecule has 1 aliphatic rings. The van der Waals surface area contributed by atoms with Crippen LogP contribution in [0.3, 0.4) is 0 Å². The number of halogens is 1. The smallest absolute Gasteiger partial charge is 0.262 e.